The molecule has 5 heteroatoms. The van der Waals surface area contributed by atoms with Crippen molar-refractivity contribution in [2.75, 3.05) is 0 Å². The second kappa shape index (κ2) is 4.84. The van der Waals surface area contributed by atoms with Crippen LogP contribution in [0.25, 0.3) is 11.1 Å². The first-order chi connectivity index (χ1) is 8.85. The second-order valence-electron chi connectivity index (χ2n) is 4.07. The van der Waals surface area contributed by atoms with Crippen LogP contribution in [0.4, 0.5) is 13.2 Å². The Balaban J connectivity index is 2.27. The third kappa shape index (κ3) is 3.40. The van der Waals surface area contributed by atoms with Gasteiger partial charge in [0, 0.05) is 0 Å². The van der Waals surface area contributed by atoms with Crippen LogP contribution >= 0.6 is 0 Å². The van der Waals surface area contributed by atoms with Crippen molar-refractivity contribution in [1.82, 2.24) is 0 Å². The van der Waals surface area contributed by atoms with E-state index in [0.29, 0.717) is 0 Å². The van der Waals surface area contributed by atoms with Crippen LogP contribution in [-0.4, -0.2) is 11.5 Å². The van der Waals surface area contributed by atoms with E-state index in [1.54, 1.807) is 24.3 Å². The number of aromatic hydroxyl groups is 1. The van der Waals surface area contributed by atoms with Crippen molar-refractivity contribution in [3.05, 3.63) is 48.0 Å². The molecular weight excluding hydrogens is 257 g/mol. The summed E-state index contributed by atoms with van der Waals surface area (Å²) in [5.74, 6) is -0.106. The van der Waals surface area contributed by atoms with Gasteiger partial charge in [-0.1, -0.05) is 18.2 Å². The van der Waals surface area contributed by atoms with E-state index < -0.39 is 6.36 Å². The topological polar surface area (TPSA) is 29.5 Å². The maximum absolute atomic E-state index is 12.0. The fraction of sp³-hybridized carbons (Fsp3) is 0.143. The zero-order valence-electron chi connectivity index (χ0n) is 10.0. The third-order valence-corrected chi connectivity index (χ3v) is 2.61. The number of hydrogen-bond donors (Lipinski definition) is 1. The largest absolute Gasteiger partial charge is 0.573 e. The molecule has 0 aliphatic carbocycles. The monoisotopic (exact) mass is 268 g/mol. The van der Waals surface area contributed by atoms with Crippen LogP contribution in [0.1, 0.15) is 5.56 Å². The van der Waals surface area contributed by atoms with Crippen LogP contribution in [0.5, 0.6) is 11.5 Å². The molecular formula is C14H11F3O2. The molecule has 2 rings (SSSR count). The molecule has 2 nitrogen and oxygen atoms in total. The van der Waals surface area contributed by atoms with E-state index in [1.165, 1.54) is 18.2 Å². The Morgan fingerprint density at radius 3 is 2.16 bits per heavy atom. The van der Waals surface area contributed by atoms with Gasteiger partial charge < -0.3 is 9.84 Å². The Hall–Kier alpha value is -2.17. The van der Waals surface area contributed by atoms with Crippen molar-refractivity contribution in [2.45, 2.75) is 13.3 Å². The molecule has 0 saturated heterocycles. The van der Waals surface area contributed by atoms with Crippen molar-refractivity contribution < 1.29 is 23.0 Å². The van der Waals surface area contributed by atoms with E-state index in [-0.39, 0.29) is 11.5 Å². The molecule has 0 bridgehead atoms. The van der Waals surface area contributed by atoms with Gasteiger partial charge in [0.2, 0.25) is 0 Å². The average Bonchev–Trinajstić information content (AvgIpc) is 2.28. The zero-order valence-corrected chi connectivity index (χ0v) is 10.0. The quantitative estimate of drug-likeness (QED) is 0.881. The first kappa shape index (κ1) is 13.3. The Kier molecular flexibility index (Phi) is 3.38. The number of hydrogen-bond acceptors (Lipinski definition) is 2. The summed E-state index contributed by atoms with van der Waals surface area (Å²) >= 11 is 0. The fourth-order valence-electron chi connectivity index (χ4n) is 1.81. The van der Waals surface area contributed by atoms with Crippen LogP contribution in [0.15, 0.2) is 42.5 Å². The number of halogens is 3. The molecule has 1 N–H and O–H groups in total. The molecule has 0 fully saturated rings. The predicted octanol–water partition coefficient (Wildman–Crippen LogP) is 4.27. The molecule has 0 amide bonds. The smallest absolute Gasteiger partial charge is 0.508 e. The lowest BCUT2D eigenvalue weighted by atomic mass is 10.0. The average molecular weight is 268 g/mol. The lowest BCUT2D eigenvalue weighted by Gasteiger charge is -2.10. The maximum Gasteiger partial charge on any atom is 0.573 e. The molecule has 2 aromatic carbocycles. The minimum atomic E-state index is -4.68. The van der Waals surface area contributed by atoms with Crippen LogP contribution in [-0.2, 0) is 0 Å². The molecule has 2 aromatic rings. The van der Waals surface area contributed by atoms with Gasteiger partial charge in [-0.2, -0.15) is 0 Å². The van der Waals surface area contributed by atoms with Crippen molar-refractivity contribution in [1.29, 1.82) is 0 Å². The fourth-order valence-corrected chi connectivity index (χ4v) is 1.81. The number of benzene rings is 2. The van der Waals surface area contributed by atoms with Crippen molar-refractivity contribution >= 4 is 0 Å². The maximum atomic E-state index is 12.0. The normalized spacial score (nSPS) is 11.4. The number of alkyl halides is 3. The highest BCUT2D eigenvalue weighted by Crippen LogP contribution is 2.29. The van der Waals surface area contributed by atoms with Crippen LogP contribution in [0.2, 0.25) is 0 Å². The van der Waals surface area contributed by atoms with Gasteiger partial charge >= 0.3 is 6.36 Å². The van der Waals surface area contributed by atoms with Crippen molar-refractivity contribution in [3.63, 3.8) is 0 Å². The van der Waals surface area contributed by atoms with E-state index in [4.69, 9.17) is 0 Å². The molecule has 0 heterocycles. The Bertz CT molecular complexity index is 574. The highest BCUT2D eigenvalue weighted by Gasteiger charge is 2.30. The molecule has 0 aromatic heterocycles. The standard InChI is InChI=1S/C14H11F3O2/c1-9-8-11(18)4-7-13(9)10-2-5-12(6-3-10)19-14(15,16)17/h2-8,18H,1H3. The first-order valence-corrected chi connectivity index (χ1v) is 5.51. The number of rotatable bonds is 2. The summed E-state index contributed by atoms with van der Waals surface area (Å²) in [5.41, 5.74) is 2.44. The minimum absolute atomic E-state index is 0.151. The van der Waals surface area contributed by atoms with Gasteiger partial charge in [-0.05, 0) is 47.9 Å². The predicted molar refractivity (Wildman–Crippen MR) is 65.0 cm³/mol. The number of aryl methyl sites for hydroxylation is 1. The third-order valence-electron chi connectivity index (χ3n) is 2.61. The lowest BCUT2D eigenvalue weighted by molar-refractivity contribution is -0.274. The summed E-state index contributed by atoms with van der Waals surface area (Å²) in [6.45, 7) is 1.81. The molecule has 0 unspecified atom stereocenters. The summed E-state index contributed by atoms with van der Waals surface area (Å²) in [7, 11) is 0. The lowest BCUT2D eigenvalue weighted by Crippen LogP contribution is -2.16. The zero-order chi connectivity index (χ0) is 14.0. The second-order valence-corrected chi connectivity index (χ2v) is 4.07. The number of phenolic OH excluding ortho intramolecular Hbond substituents is 1. The molecule has 0 aliphatic heterocycles. The van der Waals surface area contributed by atoms with Gasteiger partial charge in [0.25, 0.3) is 0 Å². The molecule has 0 spiro atoms. The summed E-state index contributed by atoms with van der Waals surface area (Å²) < 4.78 is 39.9. The van der Waals surface area contributed by atoms with E-state index in [2.05, 4.69) is 4.74 Å². The van der Waals surface area contributed by atoms with Crippen LogP contribution in [0, 0.1) is 6.92 Å². The molecule has 0 radical (unpaired) electrons. The van der Waals surface area contributed by atoms with E-state index in [0.717, 1.165) is 16.7 Å². The van der Waals surface area contributed by atoms with Crippen molar-refractivity contribution in [2.24, 2.45) is 0 Å². The van der Waals surface area contributed by atoms with Crippen molar-refractivity contribution in [3.8, 4) is 22.6 Å². The van der Waals surface area contributed by atoms with Gasteiger partial charge in [0.05, 0.1) is 0 Å². The van der Waals surface area contributed by atoms with Gasteiger partial charge in [-0.25, -0.2) is 0 Å². The number of phenols is 1. The number of ether oxygens (including phenoxy) is 1. The molecule has 0 aliphatic rings. The minimum Gasteiger partial charge on any atom is -0.508 e. The van der Waals surface area contributed by atoms with E-state index in [9.17, 15) is 18.3 Å². The summed E-state index contributed by atoms with van der Waals surface area (Å²) in [4.78, 5) is 0. The first-order valence-electron chi connectivity index (χ1n) is 5.51. The van der Waals surface area contributed by atoms with Crippen LogP contribution < -0.4 is 4.74 Å². The Morgan fingerprint density at radius 2 is 1.63 bits per heavy atom. The van der Waals surface area contributed by atoms with Gasteiger partial charge in [-0.15, -0.1) is 13.2 Å². The van der Waals surface area contributed by atoms with E-state index >= 15 is 0 Å². The molecule has 0 saturated carbocycles. The summed E-state index contributed by atoms with van der Waals surface area (Å²) in [5, 5.41) is 9.31. The Labute approximate surface area is 108 Å². The summed E-state index contributed by atoms with van der Waals surface area (Å²) in [6, 6.07) is 10.4. The summed E-state index contributed by atoms with van der Waals surface area (Å²) in [6.07, 6.45) is -4.68. The highest BCUT2D eigenvalue weighted by molar-refractivity contribution is 5.68. The van der Waals surface area contributed by atoms with E-state index in [1.807, 2.05) is 6.92 Å². The van der Waals surface area contributed by atoms with Gasteiger partial charge in [-0.3, -0.25) is 0 Å². The van der Waals surface area contributed by atoms with Gasteiger partial charge in [0.15, 0.2) is 0 Å². The highest BCUT2D eigenvalue weighted by atomic mass is 19.4. The SMILES string of the molecule is Cc1cc(O)ccc1-c1ccc(OC(F)(F)F)cc1. The van der Waals surface area contributed by atoms with Gasteiger partial charge in [0.1, 0.15) is 11.5 Å². The molecule has 19 heavy (non-hydrogen) atoms. The Morgan fingerprint density at radius 1 is 1.00 bits per heavy atom. The molecule has 0 atom stereocenters. The molecule has 100 valence electrons. The van der Waals surface area contributed by atoms with Crippen LogP contribution in [0.3, 0.4) is 0 Å².